The molecule has 0 aliphatic carbocycles. The predicted octanol–water partition coefficient (Wildman–Crippen LogP) is 0.998. The fraction of sp³-hybridized carbons (Fsp3) is 0. The molecule has 0 radical (unpaired) electrons. The summed E-state index contributed by atoms with van der Waals surface area (Å²) in [5, 5.41) is 0. The van der Waals surface area contributed by atoms with Crippen molar-refractivity contribution in [1.29, 1.82) is 0 Å². The summed E-state index contributed by atoms with van der Waals surface area (Å²) in [7, 11) is -7.11. The summed E-state index contributed by atoms with van der Waals surface area (Å²) in [4.78, 5) is 22.1. The SMILES string of the molecule is O=C1NS(=O)(=O)c2ccccc21.O=C1NS(=O)(=O)c2ccccc21.SS. The van der Waals surface area contributed by atoms with Crippen LogP contribution in [0.5, 0.6) is 0 Å². The highest BCUT2D eigenvalue weighted by atomic mass is 33.1. The van der Waals surface area contributed by atoms with Gasteiger partial charge in [0.15, 0.2) is 0 Å². The molecule has 0 saturated heterocycles. The van der Waals surface area contributed by atoms with Crippen LogP contribution in [0.15, 0.2) is 58.3 Å². The van der Waals surface area contributed by atoms with Gasteiger partial charge in [0.25, 0.3) is 31.9 Å². The monoisotopic (exact) mass is 432 g/mol. The van der Waals surface area contributed by atoms with E-state index >= 15 is 0 Å². The van der Waals surface area contributed by atoms with Gasteiger partial charge < -0.3 is 0 Å². The summed E-state index contributed by atoms with van der Waals surface area (Å²) in [6.07, 6.45) is 0. The number of thiol groups is 2. The maximum absolute atomic E-state index is 11.1. The number of amides is 2. The van der Waals surface area contributed by atoms with Crippen LogP contribution in [0.3, 0.4) is 0 Å². The Labute approximate surface area is 160 Å². The average Bonchev–Trinajstić information content (AvgIpc) is 3.00. The maximum Gasteiger partial charge on any atom is 0.266 e. The molecule has 0 spiro atoms. The smallest absolute Gasteiger partial charge is 0.266 e. The molecule has 12 heteroatoms. The molecule has 0 aromatic heterocycles. The Morgan fingerprint density at radius 3 is 1.23 bits per heavy atom. The number of rotatable bonds is 0. The van der Waals surface area contributed by atoms with Crippen LogP contribution >= 0.6 is 23.3 Å². The van der Waals surface area contributed by atoms with Crippen molar-refractivity contribution in [3.05, 3.63) is 59.7 Å². The number of carbonyl (C=O) groups is 2. The zero-order valence-electron chi connectivity index (χ0n) is 12.8. The van der Waals surface area contributed by atoms with Crippen molar-refractivity contribution < 1.29 is 26.4 Å². The lowest BCUT2D eigenvalue weighted by Crippen LogP contribution is -2.20. The molecule has 2 aromatic carbocycles. The Bertz CT molecular complexity index is 993. The standard InChI is InChI=1S/2C7H5NO3S.H2S2/c2*9-7-5-3-1-2-4-6(5)12(10,11)8-7;1-2/h2*1-4H,(H,8,9);1-2H. The number of benzene rings is 2. The largest absolute Gasteiger partial charge is 0.268 e. The molecule has 2 aliphatic heterocycles. The van der Waals surface area contributed by atoms with E-state index in [1.807, 2.05) is 9.44 Å². The van der Waals surface area contributed by atoms with Gasteiger partial charge in [0.05, 0.1) is 11.1 Å². The molecular formula is C14H12N2O6S4. The number of hydrogen-bond acceptors (Lipinski definition) is 8. The molecule has 0 fully saturated rings. The normalized spacial score (nSPS) is 17.3. The minimum atomic E-state index is -3.55. The molecular weight excluding hydrogens is 420 g/mol. The number of sulfonamides is 2. The minimum Gasteiger partial charge on any atom is -0.268 e. The molecule has 4 rings (SSSR count). The average molecular weight is 433 g/mol. The minimum absolute atomic E-state index is 0.0648. The first-order valence-corrected chi connectivity index (χ1v) is 11.3. The summed E-state index contributed by atoms with van der Waals surface area (Å²) in [6, 6.07) is 12.2. The van der Waals surface area contributed by atoms with Crippen molar-refractivity contribution in [2.24, 2.45) is 0 Å². The molecule has 0 bridgehead atoms. The fourth-order valence-corrected chi connectivity index (χ4v) is 4.59. The van der Waals surface area contributed by atoms with Gasteiger partial charge in [0, 0.05) is 0 Å². The summed E-state index contributed by atoms with van der Waals surface area (Å²) >= 11 is 6.44. The van der Waals surface area contributed by atoms with Crippen molar-refractivity contribution in [2.75, 3.05) is 0 Å². The number of hydrogen-bond donors (Lipinski definition) is 4. The van der Waals surface area contributed by atoms with Gasteiger partial charge in [-0.2, -0.15) is 0 Å². The van der Waals surface area contributed by atoms with E-state index in [4.69, 9.17) is 0 Å². The van der Waals surface area contributed by atoms with Gasteiger partial charge >= 0.3 is 0 Å². The van der Waals surface area contributed by atoms with Crippen molar-refractivity contribution in [3.8, 4) is 0 Å². The second-order valence-electron chi connectivity index (χ2n) is 4.86. The third kappa shape index (κ3) is 3.87. The highest BCUT2D eigenvalue weighted by Gasteiger charge is 2.32. The van der Waals surface area contributed by atoms with E-state index in [9.17, 15) is 26.4 Å². The second kappa shape index (κ2) is 7.70. The summed E-state index contributed by atoms with van der Waals surface area (Å²) < 4.78 is 48.3. The Kier molecular flexibility index (Phi) is 6.01. The lowest BCUT2D eigenvalue weighted by Gasteiger charge is -1.91. The van der Waals surface area contributed by atoms with Crippen LogP contribution in [0.1, 0.15) is 20.7 Å². The number of carbonyl (C=O) groups excluding carboxylic acids is 2. The van der Waals surface area contributed by atoms with Crippen molar-refractivity contribution in [3.63, 3.8) is 0 Å². The highest BCUT2D eigenvalue weighted by Crippen LogP contribution is 2.21. The van der Waals surface area contributed by atoms with Gasteiger partial charge in [-0.15, -0.1) is 23.3 Å². The molecule has 0 saturated carbocycles. The molecule has 26 heavy (non-hydrogen) atoms. The molecule has 0 atom stereocenters. The second-order valence-corrected chi connectivity index (χ2v) is 8.16. The topological polar surface area (TPSA) is 126 Å². The van der Waals surface area contributed by atoms with E-state index < -0.39 is 31.9 Å². The van der Waals surface area contributed by atoms with Gasteiger partial charge in [-0.3, -0.25) is 9.59 Å². The van der Waals surface area contributed by atoms with E-state index in [2.05, 4.69) is 23.3 Å². The van der Waals surface area contributed by atoms with Crippen LogP contribution < -0.4 is 9.44 Å². The summed E-state index contributed by atoms with van der Waals surface area (Å²) in [5.41, 5.74) is 0.440. The summed E-state index contributed by atoms with van der Waals surface area (Å²) in [5.74, 6) is -1.10. The quantitative estimate of drug-likeness (QED) is 0.363. The van der Waals surface area contributed by atoms with Crippen molar-refractivity contribution in [2.45, 2.75) is 9.79 Å². The molecule has 2 heterocycles. The molecule has 138 valence electrons. The summed E-state index contributed by atoms with van der Waals surface area (Å²) in [6.45, 7) is 0. The van der Waals surface area contributed by atoms with Gasteiger partial charge in [-0.05, 0) is 24.3 Å². The van der Waals surface area contributed by atoms with E-state index in [1.165, 1.54) is 24.3 Å². The number of fused-ring (bicyclic) bond motifs is 2. The van der Waals surface area contributed by atoms with Gasteiger partial charge in [-0.25, -0.2) is 26.3 Å². The predicted molar refractivity (Wildman–Crippen MR) is 100 cm³/mol. The van der Waals surface area contributed by atoms with Crippen LogP contribution in [0.2, 0.25) is 0 Å². The van der Waals surface area contributed by atoms with Crippen LogP contribution in [0.4, 0.5) is 0 Å². The lowest BCUT2D eigenvalue weighted by atomic mass is 10.2. The Morgan fingerprint density at radius 2 is 0.923 bits per heavy atom. The van der Waals surface area contributed by atoms with Crippen LogP contribution in [-0.2, 0) is 20.0 Å². The van der Waals surface area contributed by atoms with E-state index in [-0.39, 0.29) is 20.9 Å². The number of nitrogens with one attached hydrogen (secondary N) is 2. The maximum atomic E-state index is 11.1. The van der Waals surface area contributed by atoms with Gasteiger partial charge in [0.1, 0.15) is 9.79 Å². The lowest BCUT2D eigenvalue weighted by molar-refractivity contribution is 0.0976. The Balaban J connectivity index is 0.000000171. The van der Waals surface area contributed by atoms with Crippen molar-refractivity contribution >= 4 is 55.2 Å². The van der Waals surface area contributed by atoms with Crippen LogP contribution in [0, 0.1) is 0 Å². The van der Waals surface area contributed by atoms with E-state index in [1.54, 1.807) is 24.3 Å². The van der Waals surface area contributed by atoms with Gasteiger partial charge in [-0.1, -0.05) is 24.3 Å². The first kappa shape index (κ1) is 20.3. The first-order chi connectivity index (χ1) is 12.2. The van der Waals surface area contributed by atoms with E-state index in [0.29, 0.717) is 0 Å². The Hall–Kier alpha value is -2.02. The third-order valence-corrected chi connectivity index (χ3v) is 6.07. The third-order valence-electron chi connectivity index (χ3n) is 3.30. The van der Waals surface area contributed by atoms with Crippen molar-refractivity contribution in [1.82, 2.24) is 9.44 Å². The molecule has 2 aromatic rings. The first-order valence-electron chi connectivity index (χ1n) is 6.75. The van der Waals surface area contributed by atoms with Crippen LogP contribution in [0.25, 0.3) is 0 Å². The van der Waals surface area contributed by atoms with Crippen LogP contribution in [-0.4, -0.2) is 28.6 Å². The molecule has 0 unspecified atom stereocenters. The molecule has 2 N–H and O–H groups in total. The van der Waals surface area contributed by atoms with Gasteiger partial charge in [0.2, 0.25) is 0 Å². The molecule has 2 amide bonds. The highest BCUT2D eigenvalue weighted by molar-refractivity contribution is 8.59. The van der Waals surface area contributed by atoms with E-state index in [0.717, 1.165) is 0 Å². The fourth-order valence-electron chi connectivity index (χ4n) is 2.24. The zero-order chi connectivity index (χ0) is 19.5. The zero-order valence-corrected chi connectivity index (χ0v) is 16.2. The Morgan fingerprint density at radius 1 is 0.615 bits per heavy atom. The molecule has 2 aliphatic rings. The molecule has 8 nitrogen and oxygen atoms in total.